The highest BCUT2D eigenvalue weighted by atomic mass is 35.5. The minimum atomic E-state index is -1.04. The van der Waals surface area contributed by atoms with Gasteiger partial charge in [0.25, 0.3) is 0 Å². The molecule has 0 amide bonds. The maximum Gasteiger partial charge on any atom is 0.153 e. The Bertz CT molecular complexity index is 879. The molecule has 0 radical (unpaired) electrons. The van der Waals surface area contributed by atoms with Crippen LogP contribution >= 0.6 is 11.6 Å². The van der Waals surface area contributed by atoms with Gasteiger partial charge in [-0.1, -0.05) is 91.2 Å². The first-order chi connectivity index (χ1) is 15.0. The molecule has 0 aliphatic heterocycles. The maximum atomic E-state index is 11.7. The van der Waals surface area contributed by atoms with Crippen molar-refractivity contribution in [2.45, 2.75) is 64.5 Å². The average Bonchev–Trinajstić information content (AvgIpc) is 2.83. The summed E-state index contributed by atoms with van der Waals surface area (Å²) < 4.78 is 0.950. The van der Waals surface area contributed by atoms with Gasteiger partial charge >= 0.3 is 0 Å². The molecule has 0 saturated heterocycles. The fraction of sp³-hybridized carbons (Fsp3) is 0.500. The molecule has 1 fully saturated rings. The van der Waals surface area contributed by atoms with Gasteiger partial charge in [0.05, 0.1) is 26.1 Å². The molecule has 4 heteroatoms. The SMILES string of the molecule is CC[N+](CC)(CCC#CC(O)(c1ccccc1)C1CCCCC1)Cc1ccccc1Cl.[Cl-]. The minimum absolute atomic E-state index is 0. The summed E-state index contributed by atoms with van der Waals surface area (Å²) in [4.78, 5) is 0. The first-order valence-corrected chi connectivity index (χ1v) is 12.3. The number of halogens is 2. The molecule has 1 unspecified atom stereocenters. The monoisotopic (exact) mass is 473 g/mol. The molecule has 2 aromatic rings. The molecule has 32 heavy (non-hydrogen) atoms. The van der Waals surface area contributed by atoms with Gasteiger partial charge in [0.2, 0.25) is 0 Å². The summed E-state index contributed by atoms with van der Waals surface area (Å²) in [7, 11) is 0. The van der Waals surface area contributed by atoms with Gasteiger partial charge in [-0.2, -0.15) is 0 Å². The Labute approximate surface area is 206 Å². The summed E-state index contributed by atoms with van der Waals surface area (Å²) in [5, 5.41) is 12.6. The molecular weight excluding hydrogens is 437 g/mol. The number of aliphatic hydroxyl groups is 1. The summed E-state index contributed by atoms with van der Waals surface area (Å²) in [6.07, 6.45) is 6.51. The lowest BCUT2D eigenvalue weighted by atomic mass is 9.73. The van der Waals surface area contributed by atoms with Crippen LogP contribution < -0.4 is 12.4 Å². The fourth-order valence-electron chi connectivity index (χ4n) is 4.94. The molecule has 174 valence electrons. The van der Waals surface area contributed by atoms with Crippen molar-refractivity contribution < 1.29 is 22.0 Å². The van der Waals surface area contributed by atoms with E-state index in [1.54, 1.807) is 0 Å². The highest BCUT2D eigenvalue weighted by Gasteiger charge is 2.37. The zero-order valence-electron chi connectivity index (χ0n) is 19.5. The van der Waals surface area contributed by atoms with Crippen molar-refractivity contribution in [3.8, 4) is 11.8 Å². The Hall–Kier alpha value is -1.50. The second kappa shape index (κ2) is 12.7. The molecule has 1 saturated carbocycles. The van der Waals surface area contributed by atoms with Gasteiger partial charge in [-0.15, -0.1) is 0 Å². The predicted octanol–water partition coefficient (Wildman–Crippen LogP) is 3.56. The molecule has 2 nitrogen and oxygen atoms in total. The summed E-state index contributed by atoms with van der Waals surface area (Å²) in [6.45, 7) is 8.44. The van der Waals surface area contributed by atoms with E-state index in [4.69, 9.17) is 11.6 Å². The number of nitrogens with zero attached hydrogens (tertiary/aromatic N) is 1. The van der Waals surface area contributed by atoms with Crippen LogP contribution in [0.3, 0.4) is 0 Å². The van der Waals surface area contributed by atoms with Gasteiger partial charge in [0.1, 0.15) is 6.54 Å². The lowest BCUT2D eigenvalue weighted by Gasteiger charge is -2.37. The first kappa shape index (κ1) is 26.7. The third kappa shape index (κ3) is 6.52. The number of hydrogen-bond acceptors (Lipinski definition) is 1. The molecule has 1 atom stereocenters. The Kier molecular flexibility index (Phi) is 10.6. The van der Waals surface area contributed by atoms with Crippen molar-refractivity contribution in [2.24, 2.45) is 5.92 Å². The van der Waals surface area contributed by atoms with E-state index in [2.05, 4.69) is 37.8 Å². The van der Waals surface area contributed by atoms with Crippen LogP contribution in [0.15, 0.2) is 54.6 Å². The van der Waals surface area contributed by atoms with E-state index in [-0.39, 0.29) is 18.3 Å². The standard InChI is InChI=1S/C28H37ClNO.ClH/c1-3-30(4-2,23-24-15-11-12-20-27(24)29)22-14-13-21-28(31,25-16-7-5-8-17-25)26-18-9-6-10-19-26;/h5,7-8,11-12,15-17,20,26,31H,3-4,6,9-10,14,18-19,22-23H2,1-2H3;1H/q+1;/p-1. The summed E-state index contributed by atoms with van der Waals surface area (Å²) >= 11 is 6.45. The van der Waals surface area contributed by atoms with Crippen molar-refractivity contribution in [1.82, 2.24) is 0 Å². The summed E-state index contributed by atoms with van der Waals surface area (Å²) in [6, 6.07) is 18.2. The van der Waals surface area contributed by atoms with Crippen molar-refractivity contribution in [2.75, 3.05) is 19.6 Å². The second-order valence-electron chi connectivity index (χ2n) is 8.97. The van der Waals surface area contributed by atoms with E-state index in [9.17, 15) is 5.11 Å². The topological polar surface area (TPSA) is 20.2 Å². The fourth-order valence-corrected chi connectivity index (χ4v) is 5.14. The lowest BCUT2D eigenvalue weighted by Crippen LogP contribution is -3.00. The molecule has 3 rings (SSSR count). The number of hydrogen-bond donors (Lipinski definition) is 1. The van der Waals surface area contributed by atoms with Crippen LogP contribution in [0.4, 0.5) is 0 Å². The maximum absolute atomic E-state index is 11.7. The van der Waals surface area contributed by atoms with Gasteiger partial charge in [-0.05, 0) is 38.3 Å². The molecule has 1 aliphatic rings. The van der Waals surface area contributed by atoms with E-state index < -0.39 is 5.60 Å². The summed E-state index contributed by atoms with van der Waals surface area (Å²) in [5.74, 6) is 6.96. The van der Waals surface area contributed by atoms with Crippen LogP contribution in [0.2, 0.25) is 5.02 Å². The molecule has 0 heterocycles. The van der Waals surface area contributed by atoms with Crippen LogP contribution in [0.1, 0.15) is 63.5 Å². The molecule has 0 aromatic heterocycles. The van der Waals surface area contributed by atoms with Crippen LogP contribution in [0, 0.1) is 17.8 Å². The lowest BCUT2D eigenvalue weighted by molar-refractivity contribution is -0.937. The third-order valence-corrected chi connectivity index (χ3v) is 7.57. The van der Waals surface area contributed by atoms with E-state index in [0.29, 0.717) is 0 Å². The van der Waals surface area contributed by atoms with Crippen molar-refractivity contribution in [3.05, 3.63) is 70.7 Å². The highest BCUT2D eigenvalue weighted by Crippen LogP contribution is 2.39. The first-order valence-electron chi connectivity index (χ1n) is 11.9. The zero-order chi connectivity index (χ0) is 22.2. The molecule has 0 spiro atoms. The van der Waals surface area contributed by atoms with E-state index >= 15 is 0 Å². The van der Waals surface area contributed by atoms with Crippen LogP contribution in [-0.2, 0) is 12.1 Å². The summed E-state index contributed by atoms with van der Waals surface area (Å²) in [5.41, 5.74) is 1.10. The Morgan fingerprint density at radius 1 is 0.969 bits per heavy atom. The Morgan fingerprint density at radius 2 is 1.59 bits per heavy atom. The molecule has 1 N–H and O–H groups in total. The van der Waals surface area contributed by atoms with Gasteiger partial charge < -0.3 is 22.0 Å². The second-order valence-corrected chi connectivity index (χ2v) is 9.37. The van der Waals surface area contributed by atoms with Crippen LogP contribution in [-0.4, -0.2) is 29.2 Å². The van der Waals surface area contributed by atoms with Crippen molar-refractivity contribution in [3.63, 3.8) is 0 Å². The van der Waals surface area contributed by atoms with Crippen molar-refractivity contribution >= 4 is 11.6 Å². The van der Waals surface area contributed by atoms with Gasteiger partial charge in [-0.3, -0.25) is 0 Å². The van der Waals surface area contributed by atoms with E-state index in [1.165, 1.54) is 24.8 Å². The van der Waals surface area contributed by atoms with Crippen LogP contribution in [0.5, 0.6) is 0 Å². The van der Waals surface area contributed by atoms with Gasteiger partial charge in [0, 0.05) is 16.5 Å². The molecule has 2 aromatic carbocycles. The van der Waals surface area contributed by atoms with Crippen LogP contribution in [0.25, 0.3) is 0 Å². The van der Waals surface area contributed by atoms with E-state index in [0.717, 1.165) is 60.5 Å². The molecular formula is C28H37Cl2NO. The predicted molar refractivity (Wildman–Crippen MR) is 131 cm³/mol. The smallest absolute Gasteiger partial charge is 0.153 e. The zero-order valence-corrected chi connectivity index (χ0v) is 21.0. The third-order valence-electron chi connectivity index (χ3n) is 7.21. The largest absolute Gasteiger partial charge is 1.00 e. The Balaban J connectivity index is 0.00000363. The Morgan fingerprint density at radius 3 is 2.22 bits per heavy atom. The quantitative estimate of drug-likeness (QED) is 0.458. The van der Waals surface area contributed by atoms with Gasteiger partial charge in [0.15, 0.2) is 5.60 Å². The number of quaternary nitrogens is 1. The number of rotatable bonds is 8. The number of benzene rings is 2. The van der Waals surface area contributed by atoms with E-state index in [1.807, 2.05) is 42.5 Å². The molecule has 0 bridgehead atoms. The van der Waals surface area contributed by atoms with Crippen molar-refractivity contribution in [1.29, 1.82) is 0 Å². The van der Waals surface area contributed by atoms with Gasteiger partial charge in [-0.25, -0.2) is 0 Å². The average molecular weight is 475 g/mol. The minimum Gasteiger partial charge on any atom is -1.00 e. The normalized spacial score (nSPS) is 16.4. The molecule has 1 aliphatic carbocycles. The highest BCUT2D eigenvalue weighted by molar-refractivity contribution is 6.31.